The Bertz CT molecular complexity index is 952. The summed E-state index contributed by atoms with van der Waals surface area (Å²) < 4.78 is 33.2. The predicted molar refractivity (Wildman–Crippen MR) is 95.5 cm³/mol. The van der Waals surface area contributed by atoms with E-state index in [1.165, 1.54) is 41.7 Å². The number of hydrogen-bond donors (Lipinski definition) is 0. The van der Waals surface area contributed by atoms with Crippen LogP contribution >= 0.6 is 11.3 Å². The molecule has 26 heavy (non-hydrogen) atoms. The highest BCUT2D eigenvalue weighted by atomic mass is 32.1. The van der Waals surface area contributed by atoms with Gasteiger partial charge in [-0.3, -0.25) is 4.79 Å². The van der Waals surface area contributed by atoms with Gasteiger partial charge < -0.3 is 9.64 Å². The van der Waals surface area contributed by atoms with E-state index in [1.807, 2.05) is 0 Å². The van der Waals surface area contributed by atoms with Crippen molar-refractivity contribution in [2.75, 3.05) is 13.1 Å². The largest absolute Gasteiger partial charge is 0.467 e. The second-order valence-electron chi connectivity index (χ2n) is 6.21. The van der Waals surface area contributed by atoms with Crippen LogP contribution in [-0.2, 0) is 0 Å². The second-order valence-corrected chi connectivity index (χ2v) is 7.20. The summed E-state index contributed by atoms with van der Waals surface area (Å²) in [6, 6.07) is 10.2. The summed E-state index contributed by atoms with van der Waals surface area (Å²) in [5, 5.41) is 0.514. The van der Waals surface area contributed by atoms with E-state index in [1.54, 1.807) is 17.0 Å². The van der Waals surface area contributed by atoms with Crippen molar-refractivity contribution in [1.82, 2.24) is 9.88 Å². The Morgan fingerprint density at radius 3 is 2.65 bits per heavy atom. The van der Waals surface area contributed by atoms with Crippen LogP contribution in [0.5, 0.6) is 5.19 Å². The Hall–Kier alpha value is -2.54. The molecule has 2 heterocycles. The van der Waals surface area contributed by atoms with Gasteiger partial charge in [0, 0.05) is 31.5 Å². The zero-order valence-electron chi connectivity index (χ0n) is 13.8. The van der Waals surface area contributed by atoms with Gasteiger partial charge in [0.25, 0.3) is 11.1 Å². The zero-order chi connectivity index (χ0) is 18.1. The van der Waals surface area contributed by atoms with Gasteiger partial charge in [0.05, 0.1) is 10.2 Å². The van der Waals surface area contributed by atoms with Crippen LogP contribution in [0.25, 0.3) is 10.2 Å². The summed E-state index contributed by atoms with van der Waals surface area (Å²) in [6.07, 6.45) is 1.30. The summed E-state index contributed by atoms with van der Waals surface area (Å²) in [7, 11) is 0. The lowest BCUT2D eigenvalue weighted by atomic mass is 10.1. The molecule has 4 rings (SSSR count). The first kappa shape index (κ1) is 16.9. The molecule has 1 aromatic heterocycles. The number of aromatic nitrogens is 1. The minimum absolute atomic E-state index is 0.0445. The average molecular weight is 374 g/mol. The fourth-order valence-electron chi connectivity index (χ4n) is 3.05. The normalized spacial score (nSPS) is 15.4. The number of carbonyl (C=O) groups excluding carboxylic acids is 1. The first-order chi connectivity index (χ1) is 12.6. The number of fused-ring (bicyclic) bond motifs is 1. The third-order valence-electron chi connectivity index (χ3n) is 4.40. The summed E-state index contributed by atoms with van der Waals surface area (Å²) in [4.78, 5) is 18.5. The number of benzene rings is 2. The second kappa shape index (κ2) is 6.99. The fraction of sp³-hybridized carbons (Fsp3) is 0.263. The highest BCUT2D eigenvalue weighted by Gasteiger charge is 2.25. The number of nitrogens with zero attached hydrogens (tertiary/aromatic N) is 2. The Morgan fingerprint density at radius 1 is 1.12 bits per heavy atom. The number of carbonyl (C=O) groups is 1. The van der Waals surface area contributed by atoms with Crippen molar-refractivity contribution >= 4 is 27.5 Å². The molecule has 0 bridgehead atoms. The predicted octanol–water partition coefficient (Wildman–Crippen LogP) is 4.26. The van der Waals surface area contributed by atoms with E-state index in [-0.39, 0.29) is 17.8 Å². The first-order valence-corrected chi connectivity index (χ1v) is 9.18. The van der Waals surface area contributed by atoms with Crippen LogP contribution in [0.15, 0.2) is 42.5 Å². The summed E-state index contributed by atoms with van der Waals surface area (Å²) in [6.45, 7) is 1.08. The van der Waals surface area contributed by atoms with E-state index in [0.29, 0.717) is 42.2 Å². The molecule has 3 aromatic rings. The standard InChI is InChI=1S/C19H16F2N2O2S/c20-13-3-1-2-12(10-13)18(24)23-8-6-15(7-9-23)25-19-22-16-5-4-14(21)11-17(16)26-19/h1-5,10-11,15H,6-9H2. The minimum Gasteiger partial charge on any atom is -0.467 e. The third kappa shape index (κ3) is 3.53. The maximum Gasteiger partial charge on any atom is 0.274 e. The molecule has 0 spiro atoms. The first-order valence-electron chi connectivity index (χ1n) is 8.36. The van der Waals surface area contributed by atoms with Gasteiger partial charge in [-0.1, -0.05) is 17.4 Å². The SMILES string of the molecule is O=C(c1cccc(F)c1)N1CCC(Oc2nc3ccc(F)cc3s2)CC1. The Morgan fingerprint density at radius 2 is 1.88 bits per heavy atom. The molecular weight excluding hydrogens is 358 g/mol. The van der Waals surface area contributed by atoms with Crippen LogP contribution in [0, 0.1) is 11.6 Å². The van der Waals surface area contributed by atoms with Crippen LogP contribution in [0.2, 0.25) is 0 Å². The van der Waals surface area contributed by atoms with Crippen molar-refractivity contribution in [3.63, 3.8) is 0 Å². The Labute approximate surface area is 153 Å². The van der Waals surface area contributed by atoms with Gasteiger partial charge in [-0.2, -0.15) is 0 Å². The Kier molecular flexibility index (Phi) is 4.55. The van der Waals surface area contributed by atoms with E-state index in [4.69, 9.17) is 4.74 Å². The van der Waals surface area contributed by atoms with E-state index in [2.05, 4.69) is 4.98 Å². The van der Waals surface area contributed by atoms with Gasteiger partial charge in [0.1, 0.15) is 17.7 Å². The van der Waals surface area contributed by atoms with Gasteiger partial charge in [-0.25, -0.2) is 13.8 Å². The molecule has 2 aromatic carbocycles. The molecule has 7 heteroatoms. The lowest BCUT2D eigenvalue weighted by molar-refractivity contribution is 0.0595. The molecule has 0 saturated carbocycles. The van der Waals surface area contributed by atoms with Crippen molar-refractivity contribution in [3.05, 3.63) is 59.7 Å². The van der Waals surface area contributed by atoms with E-state index >= 15 is 0 Å². The molecule has 0 radical (unpaired) electrons. The number of hydrogen-bond acceptors (Lipinski definition) is 4. The van der Waals surface area contributed by atoms with E-state index in [9.17, 15) is 13.6 Å². The number of amides is 1. The van der Waals surface area contributed by atoms with Crippen molar-refractivity contribution in [3.8, 4) is 5.19 Å². The highest BCUT2D eigenvalue weighted by Crippen LogP contribution is 2.30. The average Bonchev–Trinajstić information content (AvgIpc) is 3.03. The summed E-state index contributed by atoms with van der Waals surface area (Å²) >= 11 is 1.32. The summed E-state index contributed by atoms with van der Waals surface area (Å²) in [5.41, 5.74) is 1.07. The quantitative estimate of drug-likeness (QED) is 0.688. The maximum absolute atomic E-state index is 13.3. The van der Waals surface area contributed by atoms with Crippen molar-refractivity contribution < 1.29 is 18.3 Å². The number of likely N-dealkylation sites (tertiary alicyclic amines) is 1. The molecule has 0 aliphatic carbocycles. The van der Waals surface area contributed by atoms with Crippen molar-refractivity contribution in [1.29, 1.82) is 0 Å². The van der Waals surface area contributed by atoms with Gasteiger partial charge in [0.15, 0.2) is 0 Å². The monoisotopic (exact) mass is 374 g/mol. The van der Waals surface area contributed by atoms with E-state index < -0.39 is 5.82 Å². The van der Waals surface area contributed by atoms with Crippen LogP contribution in [0.3, 0.4) is 0 Å². The van der Waals surface area contributed by atoms with Crippen molar-refractivity contribution in [2.24, 2.45) is 0 Å². The Balaban J connectivity index is 1.37. The van der Waals surface area contributed by atoms with E-state index in [0.717, 1.165) is 4.70 Å². The zero-order valence-corrected chi connectivity index (χ0v) is 14.6. The molecule has 134 valence electrons. The minimum atomic E-state index is -0.415. The molecule has 0 N–H and O–H groups in total. The third-order valence-corrected chi connectivity index (χ3v) is 5.31. The molecule has 1 aliphatic rings. The number of halogens is 2. The van der Waals surface area contributed by atoms with Gasteiger partial charge in [0.2, 0.25) is 0 Å². The van der Waals surface area contributed by atoms with Crippen LogP contribution in [-0.4, -0.2) is 35.0 Å². The molecule has 0 unspecified atom stereocenters. The lowest BCUT2D eigenvalue weighted by Crippen LogP contribution is -2.41. The van der Waals surface area contributed by atoms with Crippen LogP contribution in [0.4, 0.5) is 8.78 Å². The van der Waals surface area contributed by atoms with Crippen LogP contribution < -0.4 is 4.74 Å². The number of piperidine rings is 1. The van der Waals surface area contributed by atoms with Gasteiger partial charge >= 0.3 is 0 Å². The summed E-state index contributed by atoms with van der Waals surface area (Å²) in [5.74, 6) is -0.878. The number of ether oxygens (including phenoxy) is 1. The number of thiazole rings is 1. The highest BCUT2D eigenvalue weighted by molar-refractivity contribution is 7.20. The molecule has 4 nitrogen and oxygen atoms in total. The lowest BCUT2D eigenvalue weighted by Gasteiger charge is -2.31. The molecule has 1 saturated heterocycles. The molecular formula is C19H16F2N2O2S. The molecule has 1 fully saturated rings. The molecule has 1 amide bonds. The maximum atomic E-state index is 13.3. The smallest absolute Gasteiger partial charge is 0.274 e. The molecule has 0 atom stereocenters. The fourth-order valence-corrected chi connectivity index (χ4v) is 3.96. The van der Waals surface area contributed by atoms with Crippen molar-refractivity contribution in [2.45, 2.75) is 18.9 Å². The van der Waals surface area contributed by atoms with Gasteiger partial charge in [-0.05, 0) is 36.4 Å². The number of rotatable bonds is 3. The topological polar surface area (TPSA) is 42.4 Å². The molecule has 1 aliphatic heterocycles. The van der Waals surface area contributed by atoms with Gasteiger partial charge in [-0.15, -0.1) is 0 Å². The van der Waals surface area contributed by atoms with Crippen LogP contribution in [0.1, 0.15) is 23.2 Å².